The van der Waals surface area contributed by atoms with Crippen LogP contribution in [-0.4, -0.2) is 85.8 Å². The first kappa shape index (κ1) is 14.1. The molecule has 0 aromatic heterocycles. The van der Waals surface area contributed by atoms with Crippen LogP contribution in [0.4, 0.5) is 4.79 Å². The van der Waals surface area contributed by atoms with Gasteiger partial charge in [-0.2, -0.15) is 0 Å². The molecular formula is C9H14N2O8. The molecule has 19 heavy (non-hydrogen) atoms. The van der Waals surface area contributed by atoms with Gasteiger partial charge in [-0.25, -0.2) is 4.79 Å². The number of nitrogens with one attached hydrogen (secondary N) is 1. The van der Waals surface area contributed by atoms with Gasteiger partial charge in [-0.3, -0.25) is 15.0 Å². The van der Waals surface area contributed by atoms with Gasteiger partial charge >= 0.3 is 6.03 Å². The number of carbonyl (C=O) groups excluding carboxylic acids is 2. The third-order valence-electron chi connectivity index (χ3n) is 3.09. The van der Waals surface area contributed by atoms with Gasteiger partial charge in [-0.05, 0) is 0 Å². The van der Waals surface area contributed by atoms with Crippen molar-refractivity contribution in [1.29, 1.82) is 0 Å². The number of nitrogens with zero attached hydrogens (tertiary/aromatic N) is 1. The second-order valence-electron chi connectivity index (χ2n) is 4.29. The molecule has 2 heterocycles. The van der Waals surface area contributed by atoms with Gasteiger partial charge in [0.15, 0.2) is 18.6 Å². The standard InChI is InChI=1S/C9H14N2O8/c12-1-2-3(13)4(14)8(19-2)11-7(17)5(15)6(16)10-9(11)18/h2-5,7-8,12-15,17H,1H2,(H,10,16,18)/t2-,3?,4+,5?,7?,8-/m1/s1. The Hall–Kier alpha value is -1.30. The second kappa shape index (κ2) is 5.00. The van der Waals surface area contributed by atoms with Crippen LogP contribution in [0.2, 0.25) is 0 Å². The van der Waals surface area contributed by atoms with E-state index in [0.29, 0.717) is 4.90 Å². The molecule has 2 rings (SSSR count). The quantitative estimate of drug-likeness (QED) is 0.295. The van der Waals surface area contributed by atoms with Gasteiger partial charge in [0.25, 0.3) is 5.91 Å². The Morgan fingerprint density at radius 2 is 1.79 bits per heavy atom. The van der Waals surface area contributed by atoms with E-state index in [1.54, 1.807) is 5.32 Å². The van der Waals surface area contributed by atoms with Crippen molar-refractivity contribution in [2.45, 2.75) is 36.9 Å². The largest absolute Gasteiger partial charge is 0.394 e. The lowest BCUT2D eigenvalue weighted by Crippen LogP contribution is -2.67. The summed E-state index contributed by atoms with van der Waals surface area (Å²) in [7, 11) is 0. The summed E-state index contributed by atoms with van der Waals surface area (Å²) in [5.41, 5.74) is 0. The lowest BCUT2D eigenvalue weighted by molar-refractivity contribution is -0.176. The van der Waals surface area contributed by atoms with Crippen molar-refractivity contribution in [1.82, 2.24) is 10.2 Å². The maximum Gasteiger partial charge on any atom is 0.328 e. The highest BCUT2D eigenvalue weighted by molar-refractivity contribution is 5.99. The first-order valence-corrected chi connectivity index (χ1v) is 5.50. The average Bonchev–Trinajstić information content (AvgIpc) is 2.64. The summed E-state index contributed by atoms with van der Waals surface area (Å²) < 4.78 is 5.03. The molecule has 0 aromatic carbocycles. The molecule has 0 radical (unpaired) electrons. The lowest BCUT2D eigenvalue weighted by Gasteiger charge is -2.38. The Balaban J connectivity index is 2.21. The highest BCUT2D eigenvalue weighted by atomic mass is 16.6. The minimum atomic E-state index is -1.93. The number of rotatable bonds is 2. The Morgan fingerprint density at radius 1 is 1.16 bits per heavy atom. The summed E-state index contributed by atoms with van der Waals surface area (Å²) in [4.78, 5) is 23.2. The monoisotopic (exact) mass is 278 g/mol. The van der Waals surface area contributed by atoms with Crippen LogP contribution < -0.4 is 5.32 Å². The Bertz CT molecular complexity index is 390. The molecule has 0 aromatic rings. The van der Waals surface area contributed by atoms with Crippen molar-refractivity contribution < 1.29 is 39.9 Å². The van der Waals surface area contributed by atoms with E-state index in [0.717, 1.165) is 0 Å². The third kappa shape index (κ3) is 2.18. The van der Waals surface area contributed by atoms with Gasteiger partial charge in [0.1, 0.15) is 18.3 Å². The number of aliphatic hydroxyl groups is 5. The van der Waals surface area contributed by atoms with Gasteiger partial charge in [0.05, 0.1) is 6.61 Å². The molecule has 0 bridgehead atoms. The molecule has 10 nitrogen and oxygen atoms in total. The minimum Gasteiger partial charge on any atom is -0.394 e. The van der Waals surface area contributed by atoms with E-state index in [9.17, 15) is 30.0 Å². The number of ether oxygens (including phenoxy) is 1. The van der Waals surface area contributed by atoms with Crippen molar-refractivity contribution in [2.24, 2.45) is 0 Å². The van der Waals surface area contributed by atoms with Gasteiger partial charge in [0, 0.05) is 0 Å². The van der Waals surface area contributed by atoms with E-state index >= 15 is 0 Å². The smallest absolute Gasteiger partial charge is 0.328 e. The molecule has 10 heteroatoms. The Labute approximate surface area is 106 Å². The van der Waals surface area contributed by atoms with Crippen LogP contribution >= 0.6 is 0 Å². The van der Waals surface area contributed by atoms with Crippen molar-refractivity contribution >= 4 is 11.9 Å². The maximum atomic E-state index is 11.6. The molecule has 3 unspecified atom stereocenters. The Morgan fingerprint density at radius 3 is 2.32 bits per heavy atom. The van der Waals surface area contributed by atoms with Crippen molar-refractivity contribution in [2.75, 3.05) is 6.61 Å². The molecule has 0 spiro atoms. The van der Waals surface area contributed by atoms with Gasteiger partial charge < -0.3 is 30.3 Å². The van der Waals surface area contributed by atoms with E-state index in [-0.39, 0.29) is 0 Å². The predicted octanol–water partition coefficient (Wildman–Crippen LogP) is -4.34. The highest BCUT2D eigenvalue weighted by Crippen LogP contribution is 2.27. The van der Waals surface area contributed by atoms with E-state index in [4.69, 9.17) is 9.84 Å². The van der Waals surface area contributed by atoms with Crippen molar-refractivity contribution in [3.8, 4) is 0 Å². The first-order chi connectivity index (χ1) is 8.88. The number of carbonyl (C=O) groups is 2. The van der Waals surface area contributed by atoms with Crippen LogP contribution in [0.1, 0.15) is 0 Å². The molecule has 0 aliphatic carbocycles. The van der Waals surface area contributed by atoms with E-state index < -0.39 is 55.4 Å². The average molecular weight is 278 g/mol. The topological polar surface area (TPSA) is 160 Å². The number of aliphatic hydroxyl groups excluding tert-OH is 5. The Kier molecular flexibility index (Phi) is 3.71. The number of amides is 3. The first-order valence-electron chi connectivity index (χ1n) is 5.50. The summed E-state index contributed by atoms with van der Waals surface area (Å²) in [6, 6.07) is -1.09. The molecule has 2 saturated heterocycles. The zero-order valence-electron chi connectivity index (χ0n) is 9.58. The van der Waals surface area contributed by atoms with Crippen LogP contribution in [0.15, 0.2) is 0 Å². The zero-order chi connectivity index (χ0) is 14.3. The summed E-state index contributed by atoms with van der Waals surface area (Å²) >= 11 is 0. The normalized spacial score (nSPS) is 43.5. The zero-order valence-corrected chi connectivity index (χ0v) is 9.58. The van der Waals surface area contributed by atoms with Crippen LogP contribution in [0.25, 0.3) is 0 Å². The van der Waals surface area contributed by atoms with Crippen LogP contribution in [0.5, 0.6) is 0 Å². The molecule has 2 aliphatic heterocycles. The molecule has 6 N–H and O–H groups in total. The molecule has 2 fully saturated rings. The fourth-order valence-corrected chi connectivity index (χ4v) is 2.03. The van der Waals surface area contributed by atoms with Crippen LogP contribution in [0.3, 0.4) is 0 Å². The second-order valence-corrected chi connectivity index (χ2v) is 4.29. The SMILES string of the molecule is O=C1NC(=O)N([C@@H]2O[C@H](CO)C(O)[C@@H]2O)C(O)C1O. The summed E-state index contributed by atoms with van der Waals surface area (Å²) in [6.45, 7) is -0.609. The molecule has 0 saturated carbocycles. The molecule has 108 valence electrons. The third-order valence-corrected chi connectivity index (χ3v) is 3.09. The van der Waals surface area contributed by atoms with Crippen LogP contribution in [0, 0.1) is 0 Å². The summed E-state index contributed by atoms with van der Waals surface area (Å²) in [5, 5.41) is 49.0. The maximum absolute atomic E-state index is 11.6. The number of hydrogen-bond donors (Lipinski definition) is 6. The predicted molar refractivity (Wildman–Crippen MR) is 55.2 cm³/mol. The van der Waals surface area contributed by atoms with Crippen LogP contribution in [-0.2, 0) is 9.53 Å². The van der Waals surface area contributed by atoms with E-state index in [1.807, 2.05) is 0 Å². The van der Waals surface area contributed by atoms with Gasteiger partial charge in [0.2, 0.25) is 0 Å². The van der Waals surface area contributed by atoms with E-state index in [1.165, 1.54) is 0 Å². The lowest BCUT2D eigenvalue weighted by atomic mass is 10.1. The van der Waals surface area contributed by atoms with Gasteiger partial charge in [-0.1, -0.05) is 0 Å². The summed E-state index contributed by atoms with van der Waals surface area (Å²) in [6.07, 6.45) is -9.54. The van der Waals surface area contributed by atoms with E-state index in [2.05, 4.69) is 0 Å². The molecular weight excluding hydrogens is 264 g/mol. The van der Waals surface area contributed by atoms with Gasteiger partial charge in [-0.15, -0.1) is 0 Å². The summed E-state index contributed by atoms with van der Waals surface area (Å²) in [5.74, 6) is -1.08. The highest BCUT2D eigenvalue weighted by Gasteiger charge is 2.52. The molecule has 3 amide bonds. The number of imide groups is 1. The van der Waals surface area contributed by atoms with Crippen molar-refractivity contribution in [3.05, 3.63) is 0 Å². The fourth-order valence-electron chi connectivity index (χ4n) is 2.03. The molecule has 6 atom stereocenters. The minimum absolute atomic E-state index is 0.496. The molecule has 2 aliphatic rings. The van der Waals surface area contributed by atoms with Crippen molar-refractivity contribution in [3.63, 3.8) is 0 Å². The number of urea groups is 1. The number of hydrogen-bond acceptors (Lipinski definition) is 8. The fraction of sp³-hybridized carbons (Fsp3) is 0.778.